The normalized spacial score (nSPS) is 22.3. The van der Waals surface area contributed by atoms with Gasteiger partial charge in [0.15, 0.2) is 0 Å². The summed E-state index contributed by atoms with van der Waals surface area (Å²) in [5.74, 6) is -3.25. The molecule has 0 aromatic carbocycles. The lowest BCUT2D eigenvalue weighted by molar-refractivity contribution is -0.145. The molecule has 4 N–H and O–H groups in total. The highest BCUT2D eigenvalue weighted by atomic mass is 32.2. The highest BCUT2D eigenvalue weighted by Crippen LogP contribution is 2.65. The monoisotopic (exact) mass is 696 g/mol. The first-order valence-corrected chi connectivity index (χ1v) is 18.5. The average molecular weight is 697 g/mol. The van der Waals surface area contributed by atoms with Gasteiger partial charge in [-0.05, 0) is 55.8 Å². The Morgan fingerprint density at radius 1 is 1.02 bits per heavy atom. The molecule has 1 saturated heterocycles. The summed E-state index contributed by atoms with van der Waals surface area (Å²) in [6.07, 6.45) is 2.23. The molecule has 2 rings (SSSR count). The third-order valence-electron chi connectivity index (χ3n) is 9.86. The molecule has 0 spiro atoms. The number of carbonyl (C=O) groups is 5. The topological polar surface area (TPSA) is 174 Å². The molecule has 5 amide bonds. The van der Waals surface area contributed by atoms with E-state index in [-0.39, 0.29) is 41.9 Å². The van der Waals surface area contributed by atoms with Crippen LogP contribution in [0.15, 0.2) is 12.7 Å². The number of amides is 5. The quantitative estimate of drug-likeness (QED) is 0.150. The van der Waals surface area contributed by atoms with Crippen molar-refractivity contribution < 1.29 is 32.4 Å². The van der Waals surface area contributed by atoms with Crippen LogP contribution in [0.4, 0.5) is 4.79 Å². The van der Waals surface area contributed by atoms with Gasteiger partial charge in [0.1, 0.15) is 12.1 Å². The lowest BCUT2D eigenvalue weighted by atomic mass is 9.85. The van der Waals surface area contributed by atoms with Gasteiger partial charge in [-0.25, -0.2) is 13.2 Å². The van der Waals surface area contributed by atoms with E-state index in [9.17, 15) is 32.4 Å². The Kier molecular flexibility index (Phi) is 13.1. The van der Waals surface area contributed by atoms with Crippen molar-refractivity contribution in [3.8, 4) is 0 Å². The second kappa shape index (κ2) is 15.3. The number of sulfonamides is 1. The number of piperidine rings is 1. The zero-order valence-electron chi connectivity index (χ0n) is 31.0. The molecule has 13 nitrogen and oxygen atoms in total. The van der Waals surface area contributed by atoms with Crippen molar-refractivity contribution in [2.45, 2.75) is 119 Å². The fourth-order valence-corrected chi connectivity index (χ4v) is 8.33. The molecule has 6 atom stereocenters. The van der Waals surface area contributed by atoms with Gasteiger partial charge < -0.3 is 26.2 Å². The summed E-state index contributed by atoms with van der Waals surface area (Å²) in [6.45, 7) is 24.2. The van der Waals surface area contributed by atoms with Crippen LogP contribution in [0.1, 0.15) is 89.0 Å². The molecule has 48 heavy (non-hydrogen) atoms. The largest absolute Gasteiger partial charge is 0.346 e. The molecule has 1 aliphatic carbocycles. The first kappa shape index (κ1) is 41.2. The minimum atomic E-state index is -3.74. The second-order valence-electron chi connectivity index (χ2n) is 16.3. The molecule has 0 radical (unpaired) electrons. The van der Waals surface area contributed by atoms with Gasteiger partial charge in [-0.2, -0.15) is 4.31 Å². The summed E-state index contributed by atoms with van der Waals surface area (Å²) in [6, 6.07) is -4.47. The fraction of sp³-hybridized carbons (Fsp3) is 0.794. The predicted molar refractivity (Wildman–Crippen MR) is 186 cm³/mol. The van der Waals surface area contributed by atoms with Crippen LogP contribution < -0.4 is 21.3 Å². The van der Waals surface area contributed by atoms with E-state index in [1.54, 1.807) is 41.5 Å². The van der Waals surface area contributed by atoms with Crippen molar-refractivity contribution in [1.82, 2.24) is 30.5 Å². The number of Topliss-reactive ketones (excluding diaryl/α,β-unsaturated/α-hetero) is 1. The first-order chi connectivity index (χ1) is 21.8. The predicted octanol–water partition coefficient (Wildman–Crippen LogP) is 2.42. The minimum Gasteiger partial charge on any atom is -0.346 e. The Morgan fingerprint density at radius 3 is 2.08 bits per heavy atom. The van der Waals surface area contributed by atoms with E-state index >= 15 is 0 Å². The Labute approximate surface area is 287 Å². The van der Waals surface area contributed by atoms with E-state index < -0.39 is 74.7 Å². The summed E-state index contributed by atoms with van der Waals surface area (Å²) >= 11 is 0. The van der Waals surface area contributed by atoms with E-state index in [2.05, 4.69) is 27.8 Å². The number of hydrogen-bond acceptors (Lipinski definition) is 7. The Morgan fingerprint density at radius 2 is 1.60 bits per heavy atom. The second-order valence-corrected chi connectivity index (χ2v) is 18.3. The van der Waals surface area contributed by atoms with Crippen LogP contribution in [0.5, 0.6) is 0 Å². The summed E-state index contributed by atoms with van der Waals surface area (Å²) < 4.78 is 27.6. The number of fused-ring (bicyclic) bond motifs is 1. The standard InChI is InChI=1S/C34H60N6O7S/c1-14-16-22(26(41)29(43)35-17-15-2)36-28(42)25-24-21(34(24,11)12)18-40(25)30(44)27(32(5,6)7)38-31(45)37-23(20(3)4)19-48(46,47)39(13)33(8,9)10/h15,20-25,27H,2,14,16-19H2,1,3-13H3,(H,35,43)(H,36,42)(H2,37,38,45)/t21-,22?,23+,24-,25-,27+/m0/s1. The van der Waals surface area contributed by atoms with Gasteiger partial charge in [-0.1, -0.05) is 67.9 Å². The molecule has 0 aromatic rings. The van der Waals surface area contributed by atoms with Crippen LogP contribution >= 0.6 is 0 Å². The van der Waals surface area contributed by atoms with Gasteiger partial charge in [-0.15, -0.1) is 6.58 Å². The molecule has 1 aliphatic heterocycles. The van der Waals surface area contributed by atoms with Crippen molar-refractivity contribution >= 4 is 39.6 Å². The molecular weight excluding hydrogens is 636 g/mol. The van der Waals surface area contributed by atoms with E-state index in [1.807, 2.05) is 34.6 Å². The maximum atomic E-state index is 14.3. The van der Waals surface area contributed by atoms with Gasteiger partial charge in [0.05, 0.1) is 11.8 Å². The Hall–Kier alpha value is -3.00. The summed E-state index contributed by atoms with van der Waals surface area (Å²) in [5, 5.41) is 10.8. The number of nitrogens with zero attached hydrogens (tertiary/aromatic N) is 2. The fourth-order valence-electron chi connectivity index (χ4n) is 6.35. The lowest BCUT2D eigenvalue weighted by Crippen LogP contribution is -2.62. The zero-order valence-corrected chi connectivity index (χ0v) is 31.8. The number of nitrogens with one attached hydrogen (secondary N) is 4. The van der Waals surface area contributed by atoms with Gasteiger partial charge >= 0.3 is 6.03 Å². The van der Waals surface area contributed by atoms with Gasteiger partial charge in [-0.3, -0.25) is 19.2 Å². The number of urea groups is 1. The highest BCUT2D eigenvalue weighted by molar-refractivity contribution is 7.89. The molecule has 14 heteroatoms. The first-order valence-electron chi connectivity index (χ1n) is 16.9. The summed E-state index contributed by atoms with van der Waals surface area (Å²) in [4.78, 5) is 68.5. The van der Waals surface area contributed by atoms with E-state index in [0.717, 1.165) is 0 Å². The van der Waals surface area contributed by atoms with E-state index in [4.69, 9.17) is 0 Å². The van der Waals surface area contributed by atoms with Crippen molar-refractivity contribution in [3.05, 3.63) is 12.7 Å². The third-order valence-corrected chi connectivity index (χ3v) is 12.0. The minimum absolute atomic E-state index is 0.0400. The van der Waals surface area contributed by atoms with Crippen LogP contribution in [0.3, 0.4) is 0 Å². The number of likely N-dealkylation sites (tertiary alicyclic amines) is 1. The molecular formula is C34H60N6O7S. The van der Waals surface area contributed by atoms with E-state index in [1.165, 1.54) is 22.3 Å². The number of ketones is 1. The van der Waals surface area contributed by atoms with Gasteiger partial charge in [0, 0.05) is 31.7 Å². The third kappa shape index (κ3) is 9.58. The molecule has 274 valence electrons. The van der Waals surface area contributed by atoms with Crippen LogP contribution in [0.2, 0.25) is 0 Å². The van der Waals surface area contributed by atoms with Crippen LogP contribution in [0, 0.1) is 28.6 Å². The van der Waals surface area contributed by atoms with Crippen LogP contribution in [-0.2, 0) is 29.2 Å². The van der Waals surface area contributed by atoms with Gasteiger partial charge in [0.25, 0.3) is 5.91 Å². The van der Waals surface area contributed by atoms with E-state index in [0.29, 0.717) is 13.0 Å². The number of carbonyl (C=O) groups excluding carboxylic acids is 5. The van der Waals surface area contributed by atoms with Crippen molar-refractivity contribution in [1.29, 1.82) is 0 Å². The molecule has 0 aromatic heterocycles. The molecule has 2 aliphatic rings. The average Bonchev–Trinajstić information content (AvgIpc) is 3.27. The Balaban J connectivity index is 2.32. The van der Waals surface area contributed by atoms with Crippen molar-refractivity contribution in [2.24, 2.45) is 28.6 Å². The highest BCUT2D eigenvalue weighted by Gasteiger charge is 2.70. The summed E-state index contributed by atoms with van der Waals surface area (Å²) in [7, 11) is -2.23. The smallest absolute Gasteiger partial charge is 0.315 e. The SMILES string of the molecule is C=CCNC(=O)C(=O)C(CCC)NC(=O)[C@@H]1[C@@H]2[C@H](CN1C(=O)[C@@H](NC(=O)N[C@H](CS(=O)(=O)N(C)C(C)(C)C)C(C)C)C(C)(C)C)C2(C)C. The lowest BCUT2D eigenvalue weighted by Gasteiger charge is -2.38. The Bertz CT molecular complexity index is 1350. The van der Waals surface area contributed by atoms with Crippen molar-refractivity contribution in [2.75, 3.05) is 25.9 Å². The maximum absolute atomic E-state index is 14.3. The van der Waals surface area contributed by atoms with Crippen LogP contribution in [0.25, 0.3) is 0 Å². The maximum Gasteiger partial charge on any atom is 0.315 e. The van der Waals surface area contributed by atoms with Crippen LogP contribution in [-0.4, -0.2) is 103 Å². The molecule has 1 heterocycles. The molecule has 0 bridgehead atoms. The number of hydrogen-bond donors (Lipinski definition) is 4. The summed E-state index contributed by atoms with van der Waals surface area (Å²) in [5.41, 5.74) is -1.65. The number of rotatable bonds is 15. The molecule has 2 fully saturated rings. The van der Waals surface area contributed by atoms with Crippen molar-refractivity contribution in [3.63, 3.8) is 0 Å². The molecule has 1 saturated carbocycles. The van der Waals surface area contributed by atoms with Gasteiger partial charge in [0.2, 0.25) is 27.6 Å². The molecule has 1 unspecified atom stereocenters. The zero-order chi connectivity index (χ0) is 37.2.